The van der Waals surface area contributed by atoms with Crippen molar-refractivity contribution < 1.29 is 0 Å². The lowest BCUT2D eigenvalue weighted by Gasteiger charge is -2.33. The van der Waals surface area contributed by atoms with E-state index in [2.05, 4.69) is 15.5 Å². The highest BCUT2D eigenvalue weighted by Gasteiger charge is 2.40. The van der Waals surface area contributed by atoms with Gasteiger partial charge in [0.05, 0.1) is 6.04 Å². The molecular weight excluding hydrogens is 196 g/mol. The van der Waals surface area contributed by atoms with E-state index in [4.69, 9.17) is 12.2 Å². The summed E-state index contributed by atoms with van der Waals surface area (Å²) in [6, 6.07) is 0.561. The topological polar surface area (TPSA) is 46.5 Å². The van der Waals surface area contributed by atoms with Crippen LogP contribution in [0.1, 0.15) is 38.1 Å². The zero-order chi connectivity index (χ0) is 9.54. The molecule has 1 unspecified atom stereocenters. The van der Waals surface area contributed by atoms with Crippen molar-refractivity contribution in [3.63, 3.8) is 0 Å². The number of tetrazole rings is 1. The second kappa shape index (κ2) is 3.15. The average molecular weight is 210 g/mol. The molecule has 0 bridgehead atoms. The lowest BCUT2D eigenvalue weighted by atomic mass is 9.78. The lowest BCUT2D eigenvalue weighted by Crippen LogP contribution is -2.27. The molecule has 1 N–H and O–H groups in total. The predicted octanol–water partition coefficient (Wildman–Crippen LogP) is 2.09. The number of hydrogen-bond donors (Lipinski definition) is 1. The summed E-state index contributed by atoms with van der Waals surface area (Å²) in [6.45, 7) is 0. The molecule has 4 nitrogen and oxygen atoms in total. The van der Waals surface area contributed by atoms with Gasteiger partial charge in [-0.25, -0.2) is 4.68 Å². The van der Waals surface area contributed by atoms with Gasteiger partial charge in [-0.05, 0) is 49.7 Å². The predicted molar refractivity (Wildman–Crippen MR) is 54.3 cm³/mol. The minimum atomic E-state index is 0.561. The number of H-pyrrole nitrogens is 1. The van der Waals surface area contributed by atoms with Crippen molar-refractivity contribution in [3.8, 4) is 0 Å². The highest BCUT2D eigenvalue weighted by molar-refractivity contribution is 7.71. The SMILES string of the molecule is S=c1nn[nH]n1C(C1CCC1)C1CC1. The Kier molecular flexibility index (Phi) is 1.93. The van der Waals surface area contributed by atoms with E-state index in [9.17, 15) is 0 Å². The monoisotopic (exact) mass is 210 g/mol. The maximum Gasteiger partial charge on any atom is 0.238 e. The second-order valence-corrected chi connectivity index (χ2v) is 4.84. The first-order chi connectivity index (χ1) is 6.86. The van der Waals surface area contributed by atoms with Crippen LogP contribution in [-0.4, -0.2) is 20.2 Å². The molecule has 0 radical (unpaired) electrons. The van der Waals surface area contributed by atoms with Gasteiger partial charge < -0.3 is 0 Å². The number of rotatable bonds is 3. The summed E-state index contributed by atoms with van der Waals surface area (Å²) in [5.74, 6) is 1.64. The molecule has 5 heteroatoms. The summed E-state index contributed by atoms with van der Waals surface area (Å²) >= 11 is 5.16. The minimum Gasteiger partial charge on any atom is -0.239 e. The minimum absolute atomic E-state index is 0.561. The van der Waals surface area contributed by atoms with Crippen molar-refractivity contribution in [2.24, 2.45) is 11.8 Å². The molecule has 2 aliphatic carbocycles. The van der Waals surface area contributed by atoms with E-state index in [1.54, 1.807) is 0 Å². The van der Waals surface area contributed by atoms with Crippen molar-refractivity contribution in [3.05, 3.63) is 4.77 Å². The van der Waals surface area contributed by atoms with E-state index >= 15 is 0 Å². The van der Waals surface area contributed by atoms with Crippen molar-refractivity contribution >= 4 is 12.2 Å². The van der Waals surface area contributed by atoms with Gasteiger partial charge >= 0.3 is 0 Å². The van der Waals surface area contributed by atoms with Crippen LogP contribution in [0.3, 0.4) is 0 Å². The van der Waals surface area contributed by atoms with Crippen LogP contribution < -0.4 is 0 Å². The third-order valence-electron chi connectivity index (χ3n) is 3.53. The van der Waals surface area contributed by atoms with Gasteiger partial charge in [-0.2, -0.15) is 5.21 Å². The van der Waals surface area contributed by atoms with E-state index in [0.717, 1.165) is 11.8 Å². The van der Waals surface area contributed by atoms with Gasteiger partial charge in [-0.3, -0.25) is 0 Å². The average Bonchev–Trinajstić information content (AvgIpc) is 2.83. The Bertz CT molecular complexity index is 374. The van der Waals surface area contributed by atoms with Gasteiger partial charge in [0, 0.05) is 0 Å². The van der Waals surface area contributed by atoms with E-state index in [1.807, 2.05) is 4.68 Å². The molecule has 0 amide bonds. The van der Waals surface area contributed by atoms with Gasteiger partial charge in [0.15, 0.2) is 0 Å². The smallest absolute Gasteiger partial charge is 0.238 e. The van der Waals surface area contributed by atoms with Crippen LogP contribution in [0, 0.1) is 16.6 Å². The third-order valence-corrected chi connectivity index (χ3v) is 3.81. The highest BCUT2D eigenvalue weighted by atomic mass is 32.1. The van der Waals surface area contributed by atoms with Gasteiger partial charge in [0.25, 0.3) is 0 Å². The summed E-state index contributed by atoms with van der Waals surface area (Å²) in [6.07, 6.45) is 6.77. The summed E-state index contributed by atoms with van der Waals surface area (Å²) in [7, 11) is 0. The van der Waals surface area contributed by atoms with Crippen molar-refractivity contribution in [1.82, 2.24) is 20.2 Å². The molecule has 2 saturated carbocycles. The van der Waals surface area contributed by atoms with Crippen molar-refractivity contribution in [1.29, 1.82) is 0 Å². The van der Waals surface area contributed by atoms with E-state index < -0.39 is 0 Å². The Morgan fingerprint density at radius 2 is 2.00 bits per heavy atom. The Balaban J connectivity index is 1.90. The quantitative estimate of drug-likeness (QED) is 0.777. The first-order valence-corrected chi connectivity index (χ1v) is 5.76. The first kappa shape index (κ1) is 8.59. The molecule has 3 rings (SSSR count). The maximum absolute atomic E-state index is 5.16. The standard InChI is InChI=1S/C9H14N4S/c14-9-10-11-12-13(9)8(7-4-5-7)6-2-1-3-6/h6-8H,1-5H2,(H,10,12,14). The summed E-state index contributed by atoms with van der Waals surface area (Å²) < 4.78 is 2.63. The zero-order valence-electron chi connectivity index (χ0n) is 8.02. The molecular formula is C9H14N4S. The van der Waals surface area contributed by atoms with Crippen LogP contribution in [0.15, 0.2) is 0 Å². The third kappa shape index (κ3) is 1.30. The molecule has 1 atom stereocenters. The largest absolute Gasteiger partial charge is 0.239 e. The maximum atomic E-state index is 5.16. The summed E-state index contributed by atoms with van der Waals surface area (Å²) in [5, 5.41) is 10.6. The molecule has 0 saturated heterocycles. The van der Waals surface area contributed by atoms with Crippen LogP contribution in [0.5, 0.6) is 0 Å². The fraction of sp³-hybridized carbons (Fsp3) is 0.889. The van der Waals surface area contributed by atoms with Crippen molar-refractivity contribution in [2.75, 3.05) is 0 Å². The van der Waals surface area contributed by atoms with Crippen LogP contribution in [0.2, 0.25) is 0 Å². The Hall–Kier alpha value is -0.710. The normalized spacial score (nSPS) is 24.6. The number of aromatic amines is 1. The number of hydrogen-bond acceptors (Lipinski definition) is 3. The number of aromatic nitrogens is 4. The molecule has 1 heterocycles. The molecule has 1 aromatic heterocycles. The van der Waals surface area contributed by atoms with Gasteiger partial charge in [0.2, 0.25) is 4.77 Å². The summed E-state index contributed by atoms with van der Waals surface area (Å²) in [4.78, 5) is 0. The first-order valence-electron chi connectivity index (χ1n) is 5.36. The van der Waals surface area contributed by atoms with E-state index in [-0.39, 0.29) is 0 Å². The molecule has 0 aliphatic heterocycles. The Morgan fingerprint density at radius 1 is 1.29 bits per heavy atom. The molecule has 76 valence electrons. The number of nitrogens with zero attached hydrogens (tertiary/aromatic N) is 3. The van der Waals surface area contributed by atoms with Gasteiger partial charge in [0.1, 0.15) is 0 Å². The van der Waals surface area contributed by atoms with E-state index in [1.165, 1.54) is 32.1 Å². The number of nitrogens with one attached hydrogen (secondary N) is 1. The highest BCUT2D eigenvalue weighted by Crippen LogP contribution is 2.49. The van der Waals surface area contributed by atoms with Crippen LogP contribution >= 0.6 is 12.2 Å². The lowest BCUT2D eigenvalue weighted by molar-refractivity contribution is 0.172. The fourth-order valence-corrected chi connectivity index (χ4v) is 2.63. The van der Waals surface area contributed by atoms with Crippen LogP contribution in [0.4, 0.5) is 0 Å². The Morgan fingerprint density at radius 3 is 2.43 bits per heavy atom. The Labute approximate surface area is 87.7 Å². The fourth-order valence-electron chi connectivity index (χ4n) is 2.42. The zero-order valence-corrected chi connectivity index (χ0v) is 8.83. The summed E-state index contributed by atoms with van der Waals surface area (Å²) in [5.41, 5.74) is 0. The van der Waals surface area contributed by atoms with Gasteiger partial charge in [-0.1, -0.05) is 16.7 Å². The molecule has 2 aliphatic rings. The second-order valence-electron chi connectivity index (χ2n) is 4.47. The molecule has 1 aromatic rings. The van der Waals surface area contributed by atoms with Crippen LogP contribution in [-0.2, 0) is 0 Å². The molecule has 0 spiro atoms. The molecule has 0 aromatic carbocycles. The molecule has 2 fully saturated rings. The van der Waals surface area contributed by atoms with Crippen LogP contribution in [0.25, 0.3) is 0 Å². The van der Waals surface area contributed by atoms with Crippen molar-refractivity contribution in [2.45, 2.75) is 38.1 Å². The van der Waals surface area contributed by atoms with E-state index in [0.29, 0.717) is 10.8 Å². The van der Waals surface area contributed by atoms with Gasteiger partial charge in [-0.15, -0.1) is 0 Å². The molecule has 14 heavy (non-hydrogen) atoms.